The van der Waals surface area contributed by atoms with E-state index < -0.39 is 4.92 Å². The van der Waals surface area contributed by atoms with Gasteiger partial charge in [0.25, 0.3) is 0 Å². The van der Waals surface area contributed by atoms with Gasteiger partial charge in [-0.25, -0.2) is 4.98 Å². The molecule has 0 saturated heterocycles. The Morgan fingerprint density at radius 2 is 2.20 bits per heavy atom. The molecule has 1 rings (SSSR count). The summed E-state index contributed by atoms with van der Waals surface area (Å²) < 4.78 is 5.13. The van der Waals surface area contributed by atoms with Crippen molar-refractivity contribution in [3.8, 4) is 0 Å². The van der Waals surface area contributed by atoms with E-state index >= 15 is 0 Å². The van der Waals surface area contributed by atoms with E-state index in [-0.39, 0.29) is 17.5 Å². The Morgan fingerprint density at radius 1 is 1.45 bits per heavy atom. The molecule has 0 fully saturated rings. The number of nitrogens with one attached hydrogen (secondary N) is 2. The first-order chi connectivity index (χ1) is 9.62. The molecule has 0 amide bonds. The second-order valence-electron chi connectivity index (χ2n) is 4.44. The molecule has 0 radical (unpaired) electrons. The van der Waals surface area contributed by atoms with Crippen LogP contribution in [0.2, 0.25) is 0 Å². The molecule has 1 aromatic heterocycles. The first-order valence-electron chi connectivity index (χ1n) is 6.77. The Kier molecular flexibility index (Phi) is 6.72. The van der Waals surface area contributed by atoms with Crippen LogP contribution in [0.15, 0.2) is 12.1 Å². The number of rotatable bonds is 9. The van der Waals surface area contributed by atoms with Crippen LogP contribution in [0.25, 0.3) is 0 Å². The van der Waals surface area contributed by atoms with Gasteiger partial charge in [0, 0.05) is 19.7 Å². The fourth-order valence-electron chi connectivity index (χ4n) is 1.93. The SMILES string of the molecule is CCCC(COC)Nc1nc(NCC)ccc1[N+](=O)[O-]. The topological polar surface area (TPSA) is 89.3 Å². The van der Waals surface area contributed by atoms with Gasteiger partial charge in [0.15, 0.2) is 0 Å². The number of nitrogens with zero attached hydrogens (tertiary/aromatic N) is 2. The van der Waals surface area contributed by atoms with Crippen LogP contribution in [0.5, 0.6) is 0 Å². The van der Waals surface area contributed by atoms with Gasteiger partial charge in [0.2, 0.25) is 5.82 Å². The molecule has 7 nitrogen and oxygen atoms in total. The maximum absolute atomic E-state index is 11.1. The minimum atomic E-state index is -0.430. The smallest absolute Gasteiger partial charge is 0.311 e. The molecule has 112 valence electrons. The molecule has 1 unspecified atom stereocenters. The average Bonchev–Trinajstić information content (AvgIpc) is 2.39. The van der Waals surface area contributed by atoms with Crippen LogP contribution < -0.4 is 10.6 Å². The van der Waals surface area contributed by atoms with Crippen LogP contribution in [0.3, 0.4) is 0 Å². The van der Waals surface area contributed by atoms with Gasteiger partial charge >= 0.3 is 5.69 Å². The van der Waals surface area contributed by atoms with Gasteiger partial charge in [0.1, 0.15) is 5.82 Å². The zero-order valence-corrected chi connectivity index (χ0v) is 12.2. The van der Waals surface area contributed by atoms with Crippen molar-refractivity contribution in [2.24, 2.45) is 0 Å². The average molecular weight is 282 g/mol. The molecule has 2 N–H and O–H groups in total. The monoisotopic (exact) mass is 282 g/mol. The lowest BCUT2D eigenvalue weighted by Crippen LogP contribution is -2.25. The molecule has 0 spiro atoms. The van der Waals surface area contributed by atoms with Crippen LogP contribution in [-0.4, -0.2) is 36.2 Å². The second-order valence-corrected chi connectivity index (χ2v) is 4.44. The third kappa shape index (κ3) is 4.65. The standard InChI is InChI=1S/C13H22N4O3/c1-4-6-10(9-20-3)15-13-11(17(18)19)7-8-12(16-13)14-5-2/h7-8,10H,4-6,9H2,1-3H3,(H2,14,15,16). The van der Waals surface area contributed by atoms with Crippen LogP contribution >= 0.6 is 0 Å². The van der Waals surface area contributed by atoms with Crippen LogP contribution in [0.4, 0.5) is 17.3 Å². The van der Waals surface area contributed by atoms with E-state index in [9.17, 15) is 10.1 Å². The maximum Gasteiger partial charge on any atom is 0.311 e. The van der Waals surface area contributed by atoms with Crippen molar-refractivity contribution in [1.29, 1.82) is 0 Å². The molecule has 0 aliphatic rings. The molecule has 20 heavy (non-hydrogen) atoms. The van der Waals surface area contributed by atoms with Crippen molar-refractivity contribution >= 4 is 17.3 Å². The largest absolute Gasteiger partial charge is 0.383 e. The highest BCUT2D eigenvalue weighted by molar-refractivity contribution is 5.60. The summed E-state index contributed by atoms with van der Waals surface area (Å²) in [6, 6.07) is 3.08. The minimum Gasteiger partial charge on any atom is -0.383 e. The quantitative estimate of drug-likeness (QED) is 0.534. The molecular formula is C13H22N4O3. The summed E-state index contributed by atoms with van der Waals surface area (Å²) in [5, 5.41) is 17.2. The van der Waals surface area contributed by atoms with E-state index in [1.165, 1.54) is 6.07 Å². The summed E-state index contributed by atoms with van der Waals surface area (Å²) in [6.45, 7) is 5.20. The molecule has 7 heteroatoms. The highest BCUT2D eigenvalue weighted by Crippen LogP contribution is 2.25. The van der Waals surface area contributed by atoms with E-state index in [0.29, 0.717) is 19.0 Å². The predicted molar refractivity (Wildman–Crippen MR) is 79.2 cm³/mol. The van der Waals surface area contributed by atoms with Gasteiger partial charge in [-0.1, -0.05) is 13.3 Å². The Bertz CT molecular complexity index is 434. The summed E-state index contributed by atoms with van der Waals surface area (Å²) in [7, 11) is 1.61. The summed E-state index contributed by atoms with van der Waals surface area (Å²) >= 11 is 0. The van der Waals surface area contributed by atoms with E-state index in [2.05, 4.69) is 22.5 Å². The summed E-state index contributed by atoms with van der Waals surface area (Å²) in [4.78, 5) is 14.9. The van der Waals surface area contributed by atoms with Gasteiger partial charge < -0.3 is 15.4 Å². The molecule has 0 aliphatic heterocycles. The van der Waals surface area contributed by atoms with E-state index in [4.69, 9.17) is 4.74 Å². The van der Waals surface area contributed by atoms with Crippen LogP contribution in [-0.2, 0) is 4.74 Å². The molecule has 0 bridgehead atoms. The summed E-state index contributed by atoms with van der Waals surface area (Å²) in [6.07, 6.45) is 1.82. The van der Waals surface area contributed by atoms with Crippen molar-refractivity contribution < 1.29 is 9.66 Å². The van der Waals surface area contributed by atoms with Gasteiger partial charge in [-0.15, -0.1) is 0 Å². The maximum atomic E-state index is 11.1. The van der Waals surface area contributed by atoms with Crippen molar-refractivity contribution in [2.75, 3.05) is 30.9 Å². The Hall–Kier alpha value is -1.89. The van der Waals surface area contributed by atoms with Crippen LogP contribution in [0, 0.1) is 10.1 Å². The lowest BCUT2D eigenvalue weighted by Gasteiger charge is -2.18. The number of aromatic nitrogens is 1. The van der Waals surface area contributed by atoms with E-state index in [0.717, 1.165) is 12.8 Å². The van der Waals surface area contributed by atoms with Gasteiger partial charge in [-0.3, -0.25) is 10.1 Å². The van der Waals surface area contributed by atoms with E-state index in [1.807, 2.05) is 6.92 Å². The highest BCUT2D eigenvalue weighted by atomic mass is 16.6. The van der Waals surface area contributed by atoms with Gasteiger partial charge in [0.05, 0.1) is 17.6 Å². The zero-order chi connectivity index (χ0) is 15.0. The molecule has 0 aromatic carbocycles. The number of hydrogen-bond donors (Lipinski definition) is 2. The highest BCUT2D eigenvalue weighted by Gasteiger charge is 2.19. The fraction of sp³-hybridized carbons (Fsp3) is 0.615. The Morgan fingerprint density at radius 3 is 2.75 bits per heavy atom. The predicted octanol–water partition coefficient (Wildman–Crippen LogP) is 2.65. The fourth-order valence-corrected chi connectivity index (χ4v) is 1.93. The van der Waals surface area contributed by atoms with Crippen LogP contribution in [0.1, 0.15) is 26.7 Å². The molecule has 1 atom stereocenters. The Balaban J connectivity index is 2.98. The molecule has 0 aliphatic carbocycles. The van der Waals surface area contributed by atoms with Crippen molar-refractivity contribution in [3.63, 3.8) is 0 Å². The lowest BCUT2D eigenvalue weighted by molar-refractivity contribution is -0.384. The molecule has 1 heterocycles. The van der Waals surface area contributed by atoms with Crippen molar-refractivity contribution in [3.05, 3.63) is 22.2 Å². The summed E-state index contributed by atoms with van der Waals surface area (Å²) in [5.41, 5.74) is -0.0242. The minimum absolute atomic E-state index is 0.00748. The zero-order valence-electron chi connectivity index (χ0n) is 12.2. The third-order valence-corrected chi connectivity index (χ3v) is 2.77. The van der Waals surface area contributed by atoms with Gasteiger partial charge in [-0.05, 0) is 19.4 Å². The molecule has 0 saturated carbocycles. The first-order valence-corrected chi connectivity index (χ1v) is 6.77. The number of methoxy groups -OCH3 is 1. The van der Waals surface area contributed by atoms with Crippen molar-refractivity contribution in [1.82, 2.24) is 4.98 Å². The lowest BCUT2D eigenvalue weighted by atomic mass is 10.2. The first kappa shape index (κ1) is 16.2. The number of ether oxygens (including phenoxy) is 1. The number of hydrogen-bond acceptors (Lipinski definition) is 6. The van der Waals surface area contributed by atoms with E-state index in [1.54, 1.807) is 13.2 Å². The second kappa shape index (κ2) is 8.31. The number of pyridine rings is 1. The number of nitro groups is 1. The molecular weight excluding hydrogens is 260 g/mol. The Labute approximate surface area is 118 Å². The molecule has 1 aromatic rings. The normalized spacial score (nSPS) is 11.9. The van der Waals surface area contributed by atoms with Crippen molar-refractivity contribution in [2.45, 2.75) is 32.7 Å². The number of anilines is 2. The third-order valence-electron chi connectivity index (χ3n) is 2.77. The van der Waals surface area contributed by atoms with Gasteiger partial charge in [-0.2, -0.15) is 0 Å². The summed E-state index contributed by atoms with van der Waals surface area (Å²) in [5.74, 6) is 0.900.